The third-order valence-electron chi connectivity index (χ3n) is 2.12. The molecule has 72 valence electrons. The normalized spacial score (nSPS) is 12.8. The fourth-order valence-corrected chi connectivity index (χ4v) is 2.14. The van der Waals surface area contributed by atoms with E-state index in [1.54, 1.807) is 0 Å². The van der Waals surface area contributed by atoms with Crippen molar-refractivity contribution < 1.29 is 0 Å². The first-order valence-electron chi connectivity index (χ1n) is 4.66. The molecule has 1 aromatic rings. The maximum atomic E-state index is 3.42. The molecular formula is C11H17NS. The van der Waals surface area contributed by atoms with Crippen LogP contribution in [-0.4, -0.2) is 12.8 Å². The van der Waals surface area contributed by atoms with Crippen molar-refractivity contribution >= 4 is 11.8 Å². The van der Waals surface area contributed by atoms with Crippen LogP contribution in [0.2, 0.25) is 0 Å². The van der Waals surface area contributed by atoms with Gasteiger partial charge < -0.3 is 5.32 Å². The van der Waals surface area contributed by atoms with Crippen LogP contribution in [-0.2, 0) is 0 Å². The highest BCUT2D eigenvalue weighted by Gasteiger charge is 2.07. The SMILES string of the molecule is CCNC(C)c1ccccc1SC. The van der Waals surface area contributed by atoms with Gasteiger partial charge in [0.1, 0.15) is 0 Å². The smallest absolute Gasteiger partial charge is 0.0302 e. The van der Waals surface area contributed by atoms with E-state index in [0.29, 0.717) is 6.04 Å². The molecule has 0 heterocycles. The van der Waals surface area contributed by atoms with Crippen molar-refractivity contribution in [1.82, 2.24) is 5.32 Å². The Bertz CT molecular complexity index is 260. The number of hydrogen-bond donors (Lipinski definition) is 1. The molecule has 0 spiro atoms. The molecule has 0 aliphatic carbocycles. The van der Waals surface area contributed by atoms with E-state index in [1.807, 2.05) is 11.8 Å². The predicted octanol–water partition coefficient (Wildman–Crippen LogP) is 3.08. The van der Waals surface area contributed by atoms with Crippen LogP contribution in [0.15, 0.2) is 29.2 Å². The molecule has 0 aromatic heterocycles. The van der Waals surface area contributed by atoms with Gasteiger partial charge in [-0.2, -0.15) is 0 Å². The minimum Gasteiger partial charge on any atom is -0.310 e. The molecule has 0 bridgehead atoms. The maximum absolute atomic E-state index is 3.42. The largest absolute Gasteiger partial charge is 0.310 e. The van der Waals surface area contributed by atoms with Gasteiger partial charge in [-0.05, 0) is 31.4 Å². The summed E-state index contributed by atoms with van der Waals surface area (Å²) < 4.78 is 0. The summed E-state index contributed by atoms with van der Waals surface area (Å²) in [6.45, 7) is 5.36. The molecule has 0 amide bonds. The number of thioether (sulfide) groups is 1. The first-order chi connectivity index (χ1) is 6.29. The van der Waals surface area contributed by atoms with Crippen molar-refractivity contribution in [2.75, 3.05) is 12.8 Å². The molecule has 1 nitrogen and oxygen atoms in total. The highest BCUT2D eigenvalue weighted by atomic mass is 32.2. The lowest BCUT2D eigenvalue weighted by atomic mass is 10.1. The van der Waals surface area contributed by atoms with E-state index in [1.165, 1.54) is 10.5 Å². The molecule has 0 radical (unpaired) electrons. The molecule has 13 heavy (non-hydrogen) atoms. The van der Waals surface area contributed by atoms with Crippen LogP contribution in [0.25, 0.3) is 0 Å². The zero-order valence-electron chi connectivity index (χ0n) is 8.50. The Morgan fingerprint density at radius 1 is 1.38 bits per heavy atom. The average Bonchev–Trinajstić information content (AvgIpc) is 2.18. The lowest BCUT2D eigenvalue weighted by Gasteiger charge is -2.15. The van der Waals surface area contributed by atoms with Gasteiger partial charge in [0.15, 0.2) is 0 Å². The van der Waals surface area contributed by atoms with E-state index in [9.17, 15) is 0 Å². The van der Waals surface area contributed by atoms with E-state index in [2.05, 4.69) is 49.7 Å². The molecule has 0 aliphatic rings. The fraction of sp³-hybridized carbons (Fsp3) is 0.455. The Kier molecular flexibility index (Phi) is 4.33. The van der Waals surface area contributed by atoms with Crippen LogP contribution < -0.4 is 5.32 Å². The number of rotatable bonds is 4. The molecule has 1 aromatic carbocycles. The van der Waals surface area contributed by atoms with Gasteiger partial charge in [-0.3, -0.25) is 0 Å². The average molecular weight is 195 g/mol. The molecule has 0 fully saturated rings. The molecule has 1 N–H and O–H groups in total. The van der Waals surface area contributed by atoms with Crippen molar-refractivity contribution in [1.29, 1.82) is 0 Å². The molecule has 0 saturated carbocycles. The second kappa shape index (κ2) is 5.30. The van der Waals surface area contributed by atoms with Gasteiger partial charge in [0.25, 0.3) is 0 Å². The number of nitrogens with one attached hydrogen (secondary N) is 1. The minimum atomic E-state index is 0.452. The van der Waals surface area contributed by atoms with E-state index in [0.717, 1.165) is 6.54 Å². The zero-order valence-corrected chi connectivity index (χ0v) is 9.32. The standard InChI is InChI=1S/C11H17NS/c1-4-12-9(2)10-7-5-6-8-11(10)13-3/h5-9,12H,4H2,1-3H3. The third-order valence-corrected chi connectivity index (χ3v) is 2.93. The predicted molar refractivity (Wildman–Crippen MR) is 60.3 cm³/mol. The Labute approximate surface area is 84.9 Å². The van der Waals surface area contributed by atoms with Gasteiger partial charge in [-0.15, -0.1) is 11.8 Å². The summed E-state index contributed by atoms with van der Waals surface area (Å²) in [5.74, 6) is 0. The van der Waals surface area contributed by atoms with Gasteiger partial charge in [-0.1, -0.05) is 25.1 Å². The zero-order chi connectivity index (χ0) is 9.68. The quantitative estimate of drug-likeness (QED) is 0.741. The Morgan fingerprint density at radius 2 is 2.08 bits per heavy atom. The maximum Gasteiger partial charge on any atom is 0.0302 e. The molecule has 1 rings (SSSR count). The van der Waals surface area contributed by atoms with Gasteiger partial charge in [0, 0.05) is 10.9 Å². The van der Waals surface area contributed by atoms with Crippen LogP contribution in [0.1, 0.15) is 25.5 Å². The highest BCUT2D eigenvalue weighted by Crippen LogP contribution is 2.25. The lowest BCUT2D eigenvalue weighted by molar-refractivity contribution is 0.590. The molecular weight excluding hydrogens is 178 g/mol. The van der Waals surface area contributed by atoms with E-state index >= 15 is 0 Å². The molecule has 2 heteroatoms. The number of hydrogen-bond acceptors (Lipinski definition) is 2. The Balaban J connectivity index is 2.85. The van der Waals surface area contributed by atoms with Gasteiger partial charge in [-0.25, -0.2) is 0 Å². The molecule has 0 aliphatic heterocycles. The van der Waals surface area contributed by atoms with E-state index in [-0.39, 0.29) is 0 Å². The molecule has 1 unspecified atom stereocenters. The van der Waals surface area contributed by atoms with Gasteiger partial charge >= 0.3 is 0 Å². The second-order valence-corrected chi connectivity index (χ2v) is 3.87. The summed E-state index contributed by atoms with van der Waals surface area (Å²) in [4.78, 5) is 1.37. The summed E-state index contributed by atoms with van der Waals surface area (Å²) in [6.07, 6.45) is 2.12. The van der Waals surface area contributed by atoms with Crippen LogP contribution in [0.3, 0.4) is 0 Å². The van der Waals surface area contributed by atoms with Crippen molar-refractivity contribution in [3.05, 3.63) is 29.8 Å². The Morgan fingerprint density at radius 3 is 2.69 bits per heavy atom. The van der Waals surface area contributed by atoms with Crippen LogP contribution in [0.4, 0.5) is 0 Å². The van der Waals surface area contributed by atoms with Crippen LogP contribution >= 0.6 is 11.8 Å². The van der Waals surface area contributed by atoms with Crippen molar-refractivity contribution in [2.24, 2.45) is 0 Å². The van der Waals surface area contributed by atoms with E-state index < -0.39 is 0 Å². The van der Waals surface area contributed by atoms with Crippen LogP contribution in [0, 0.1) is 0 Å². The lowest BCUT2D eigenvalue weighted by Crippen LogP contribution is -2.18. The summed E-state index contributed by atoms with van der Waals surface area (Å²) in [5, 5.41) is 3.42. The monoisotopic (exact) mass is 195 g/mol. The van der Waals surface area contributed by atoms with Gasteiger partial charge in [0.05, 0.1) is 0 Å². The first kappa shape index (κ1) is 10.6. The van der Waals surface area contributed by atoms with Crippen molar-refractivity contribution in [3.8, 4) is 0 Å². The second-order valence-electron chi connectivity index (χ2n) is 3.02. The van der Waals surface area contributed by atoms with Crippen LogP contribution in [0.5, 0.6) is 0 Å². The third kappa shape index (κ3) is 2.75. The summed E-state index contributed by atoms with van der Waals surface area (Å²) in [7, 11) is 0. The molecule has 0 saturated heterocycles. The summed E-state index contributed by atoms with van der Waals surface area (Å²) in [5.41, 5.74) is 1.40. The van der Waals surface area contributed by atoms with Crippen molar-refractivity contribution in [3.63, 3.8) is 0 Å². The Hall–Kier alpha value is -0.470. The highest BCUT2D eigenvalue weighted by molar-refractivity contribution is 7.98. The first-order valence-corrected chi connectivity index (χ1v) is 5.88. The molecule has 1 atom stereocenters. The van der Waals surface area contributed by atoms with Gasteiger partial charge in [0.2, 0.25) is 0 Å². The summed E-state index contributed by atoms with van der Waals surface area (Å²) >= 11 is 1.81. The van der Waals surface area contributed by atoms with Crippen molar-refractivity contribution in [2.45, 2.75) is 24.8 Å². The summed E-state index contributed by atoms with van der Waals surface area (Å²) in [6, 6.07) is 9.01. The topological polar surface area (TPSA) is 12.0 Å². The minimum absolute atomic E-state index is 0.452. The number of benzene rings is 1. The van der Waals surface area contributed by atoms with E-state index in [4.69, 9.17) is 0 Å². The fourth-order valence-electron chi connectivity index (χ4n) is 1.44.